The average Bonchev–Trinajstić information content (AvgIpc) is 1.62. The number of aromatic amines is 4. The van der Waals surface area contributed by atoms with Gasteiger partial charge in [-0.15, -0.1) is 11.6 Å². The molecule has 146 heavy (non-hydrogen) atoms. The van der Waals surface area contributed by atoms with Gasteiger partial charge < -0.3 is 53.6 Å². The largest absolute Gasteiger partial charge is 0.449 e. The van der Waals surface area contributed by atoms with Gasteiger partial charge in [-0.3, -0.25) is 38.4 Å². The lowest BCUT2D eigenvalue weighted by atomic mass is 10.0. The van der Waals surface area contributed by atoms with Gasteiger partial charge in [-0.05, 0) is 109 Å². The highest BCUT2D eigenvalue weighted by molar-refractivity contribution is 6.17. The number of rotatable bonds is 18. The lowest BCUT2D eigenvalue weighted by molar-refractivity contribution is -0.148. The topological polar surface area (TPSA) is 380 Å². The molecule has 756 valence electrons. The predicted molar refractivity (Wildman–Crippen MR) is 495 cm³/mol. The maximum Gasteiger partial charge on any atom is 0.449 e. The minimum atomic E-state index is -4.71. The lowest BCUT2D eigenvalue weighted by Gasteiger charge is -2.30. The van der Waals surface area contributed by atoms with Gasteiger partial charge in [-0.25, -0.2) is 57.9 Å². The van der Waals surface area contributed by atoms with Crippen LogP contribution in [0.5, 0.6) is 0 Å². The summed E-state index contributed by atoms with van der Waals surface area (Å²) in [4.78, 5) is 121. The van der Waals surface area contributed by atoms with Crippen molar-refractivity contribution in [1.82, 2.24) is 109 Å². The second-order valence-corrected chi connectivity index (χ2v) is 34.6. The van der Waals surface area contributed by atoms with Crippen LogP contribution in [-0.2, 0) is 128 Å². The van der Waals surface area contributed by atoms with Gasteiger partial charge >= 0.3 is 24.7 Å². The smallest absolute Gasteiger partial charge is 0.390 e. The van der Waals surface area contributed by atoms with Crippen molar-refractivity contribution in [2.45, 2.75) is 128 Å². The van der Waals surface area contributed by atoms with Gasteiger partial charge in [0.25, 0.3) is 45.9 Å². The standard InChI is InChI=1S/2C25H22F4N6O2.C24H18ClF4N5O2.C24H19F4N5O3/c2*1-30-12-20-21-13-34(8-9-35(21)24(31-20)25(27,28)29)23(37)17-10-14(6-7-18(17)26)11-19-15-4-2-3-5-16(15)22(36)33-32-19;25-11-19-20-12-33(7-8-34(20)23(30-19)24(27,28)29)22(36)16-9-13(5-6-17(16)26)10-18-14-3-1-2-4-15(14)21(35)32-31-18;25-17-6-5-13(10-18-14-3-1-2-4-15(14)21(35)31-30-18)9-16(17)22(36)32-7-8-33-20(11-32)19(12-34)29-23(33)24(26,27)28/h2*2-7,10,30H,8-9,11-13H2,1H3,(H,33,36);1-6,9H,7-8,10-12H2,(H,32,35);1-6,9,34H,7-8,10-12H2,(H,31,35). The quantitative estimate of drug-likeness (QED) is 0.0310. The van der Waals surface area contributed by atoms with Crippen molar-refractivity contribution in [3.63, 3.8) is 0 Å². The summed E-state index contributed by atoms with van der Waals surface area (Å²) >= 11 is 5.81. The Hall–Kier alpha value is -15.9. The molecule has 7 N–H and O–H groups in total. The van der Waals surface area contributed by atoms with E-state index >= 15 is 0 Å². The van der Waals surface area contributed by atoms with Crippen LogP contribution < -0.4 is 32.9 Å². The molecule has 12 heterocycles. The number of alkyl halides is 13. The van der Waals surface area contributed by atoms with Crippen molar-refractivity contribution in [1.29, 1.82) is 0 Å². The number of imidazole rings is 4. The van der Waals surface area contributed by atoms with Crippen LogP contribution in [0.4, 0.5) is 70.2 Å². The summed E-state index contributed by atoms with van der Waals surface area (Å²) in [6.07, 6.45) is -17.8. The van der Waals surface area contributed by atoms with E-state index in [9.17, 15) is 114 Å². The van der Waals surface area contributed by atoms with E-state index in [1.165, 1.54) is 80.3 Å². The summed E-state index contributed by atoms with van der Waals surface area (Å²) < 4.78 is 224. The SMILES string of the molecule is CNCc1nc(C(F)(F)F)n2c1CN(C(=O)c1cc(Cc3n[nH]c(=O)c4ccccc34)ccc1F)CC2.CNCc1nc(C(F)(F)F)n2c1CN(C(=O)c1cc(Cc3n[nH]c(=O)c4ccccc34)ccc1F)CC2.O=C(c1cc(Cc2n[nH]c(=O)c3ccccc23)ccc1F)N1CCn2c(C(F)(F)F)nc(CCl)c2C1.O=C(c1cc(Cc2n[nH]c(=O)c3ccccc23)ccc1F)N1CCn2c(C(F)(F)F)nc(CO)c2C1. The molecule has 0 saturated heterocycles. The monoisotopic (exact) mass is 2050 g/mol. The number of H-pyrrole nitrogens is 4. The molecule has 0 unspecified atom stereocenters. The normalized spacial score (nSPS) is 13.7. The third-order valence-corrected chi connectivity index (χ3v) is 25.4. The Morgan fingerprint density at radius 3 is 0.767 bits per heavy atom. The first-order valence-electron chi connectivity index (χ1n) is 44.9. The molecule has 0 bridgehead atoms. The number of nitrogens with zero attached hydrogens (tertiary/aromatic N) is 16. The number of aromatic nitrogens is 16. The zero-order valence-corrected chi connectivity index (χ0v) is 77.4. The fourth-order valence-corrected chi connectivity index (χ4v) is 18.4. The molecule has 48 heteroatoms. The minimum absolute atomic E-state index is 0.0277. The number of carbonyl (C=O) groups excluding carboxylic acids is 4. The van der Waals surface area contributed by atoms with E-state index in [0.29, 0.717) is 88.1 Å². The molecule has 8 aromatic heterocycles. The van der Waals surface area contributed by atoms with Crippen LogP contribution in [0.25, 0.3) is 43.1 Å². The second-order valence-electron chi connectivity index (χ2n) is 34.3. The highest BCUT2D eigenvalue weighted by Gasteiger charge is 2.46. The highest BCUT2D eigenvalue weighted by Crippen LogP contribution is 2.40. The molecule has 8 aromatic carbocycles. The number of hydrogen-bond donors (Lipinski definition) is 7. The van der Waals surface area contributed by atoms with Crippen molar-refractivity contribution in [2.75, 3.05) is 40.3 Å². The van der Waals surface area contributed by atoms with E-state index in [1.54, 1.807) is 111 Å². The Morgan fingerprint density at radius 2 is 0.541 bits per heavy atom. The maximum atomic E-state index is 14.8. The van der Waals surface area contributed by atoms with Gasteiger partial charge in [0.2, 0.25) is 23.3 Å². The van der Waals surface area contributed by atoms with Crippen LogP contribution in [0.1, 0.15) is 155 Å². The number of amides is 4. The number of halogens is 17. The first-order chi connectivity index (χ1) is 69.7. The molecule has 0 saturated carbocycles. The number of aliphatic hydroxyl groups excluding tert-OH is 1. The molecular formula is C98H81ClF16N22O9. The lowest BCUT2D eigenvalue weighted by Crippen LogP contribution is -2.39. The van der Waals surface area contributed by atoms with E-state index in [1.807, 2.05) is 0 Å². The summed E-state index contributed by atoms with van der Waals surface area (Å²) in [7, 11) is 3.18. The summed E-state index contributed by atoms with van der Waals surface area (Å²) in [5, 5.41) is 45.7. The molecular weight excluding hydrogens is 1970 g/mol. The van der Waals surface area contributed by atoms with E-state index in [4.69, 9.17) is 11.6 Å². The number of nitrogens with one attached hydrogen (secondary N) is 6. The van der Waals surface area contributed by atoms with E-state index < -0.39 is 102 Å². The number of fused-ring (bicyclic) bond motifs is 8. The van der Waals surface area contributed by atoms with Crippen molar-refractivity contribution in [2.24, 2.45) is 0 Å². The van der Waals surface area contributed by atoms with Gasteiger partial charge in [0, 0.05) is 113 Å². The molecule has 16 aromatic rings. The Kier molecular flexibility index (Phi) is 28.8. The predicted octanol–water partition coefficient (Wildman–Crippen LogP) is 13.8. The number of aliphatic hydroxyl groups is 1. The van der Waals surface area contributed by atoms with Crippen molar-refractivity contribution in [3.8, 4) is 0 Å². The molecule has 31 nitrogen and oxygen atoms in total. The number of carbonyl (C=O) groups is 4. The molecule has 4 aliphatic heterocycles. The Bertz CT molecular complexity index is 7600. The molecule has 0 spiro atoms. The fourth-order valence-electron chi connectivity index (χ4n) is 18.2. The van der Waals surface area contributed by atoms with E-state index in [0.717, 1.165) is 30.4 Å². The van der Waals surface area contributed by atoms with Crippen LogP contribution in [0, 0.1) is 23.3 Å². The van der Waals surface area contributed by atoms with Crippen LogP contribution in [0.15, 0.2) is 189 Å². The van der Waals surface area contributed by atoms with Gasteiger partial charge in [-0.2, -0.15) is 73.1 Å². The van der Waals surface area contributed by atoms with E-state index in [2.05, 4.69) is 71.4 Å². The van der Waals surface area contributed by atoms with Gasteiger partial charge in [0.1, 0.15) is 23.3 Å². The van der Waals surface area contributed by atoms with Crippen LogP contribution >= 0.6 is 11.6 Å². The highest BCUT2D eigenvalue weighted by atomic mass is 35.5. The average molecular weight is 2050 g/mol. The summed E-state index contributed by atoms with van der Waals surface area (Å²) in [6, 6.07) is 44.0. The van der Waals surface area contributed by atoms with Crippen molar-refractivity contribution >= 4 is 78.3 Å². The molecule has 0 radical (unpaired) electrons. The summed E-state index contributed by atoms with van der Waals surface area (Å²) in [5.74, 6) is -10.1. The summed E-state index contributed by atoms with van der Waals surface area (Å²) in [6.45, 7) is -1.99. The van der Waals surface area contributed by atoms with E-state index in [-0.39, 0.29) is 213 Å². The first-order valence-corrected chi connectivity index (χ1v) is 45.5. The van der Waals surface area contributed by atoms with Crippen LogP contribution in [-0.4, -0.2) is 168 Å². The molecule has 0 aliphatic carbocycles. The number of benzene rings is 8. The van der Waals surface area contributed by atoms with Crippen molar-refractivity contribution in [3.05, 3.63) is 371 Å². The molecule has 0 fully saturated rings. The maximum absolute atomic E-state index is 14.8. The van der Waals surface area contributed by atoms with Gasteiger partial charge in [-0.1, -0.05) is 97.1 Å². The molecule has 4 amide bonds. The minimum Gasteiger partial charge on any atom is -0.390 e. The Morgan fingerprint density at radius 1 is 0.322 bits per heavy atom. The fraction of sp³-hybridized carbons (Fsp3) is 0.265. The van der Waals surface area contributed by atoms with Crippen LogP contribution in [0.3, 0.4) is 0 Å². The number of hydrogen-bond acceptors (Lipinski definition) is 19. The molecule has 0 atom stereocenters. The summed E-state index contributed by atoms with van der Waals surface area (Å²) in [5.41, 5.74) is 3.35. The van der Waals surface area contributed by atoms with Gasteiger partial charge in [0.15, 0.2) is 0 Å². The molecule has 4 aliphatic rings. The third kappa shape index (κ3) is 21.0. The Labute approximate surface area is 817 Å². The van der Waals surface area contributed by atoms with Crippen LogP contribution in [0.2, 0.25) is 0 Å². The first kappa shape index (κ1) is 102. The Balaban J connectivity index is 0.000000133. The zero-order valence-electron chi connectivity index (χ0n) is 76.6. The second kappa shape index (κ2) is 41.4. The van der Waals surface area contributed by atoms with Gasteiger partial charge in [0.05, 0.1) is 151 Å². The molecule has 20 rings (SSSR count). The third-order valence-electron chi connectivity index (χ3n) is 25.1. The zero-order chi connectivity index (χ0) is 104. The van der Waals surface area contributed by atoms with Crippen molar-refractivity contribution < 1.29 is 94.5 Å².